The smallest absolute Gasteiger partial charge is 0.257 e. The lowest BCUT2D eigenvalue weighted by Crippen LogP contribution is -2.46. The Morgan fingerprint density at radius 2 is 1.73 bits per heavy atom. The molecule has 9 heteroatoms. The van der Waals surface area contributed by atoms with Crippen molar-refractivity contribution in [2.45, 2.75) is 37.1 Å². The standard InChI is InChI=1S/C21H23N3O5S/c1-2-19(25)23(13-12-15-8-10-17(11-9-15)30(22,28)29)18-14-20(26)24(21(18)27)16-6-4-3-5-7-16/h3-11,18H,2,12-14H2,1H3,(H2,22,28,29)/t18-/m1/s1. The molecule has 1 heterocycles. The second kappa shape index (κ2) is 8.76. The third-order valence-corrected chi connectivity index (χ3v) is 5.96. The van der Waals surface area contributed by atoms with Gasteiger partial charge >= 0.3 is 0 Å². The van der Waals surface area contributed by atoms with Crippen molar-refractivity contribution in [1.29, 1.82) is 0 Å². The molecule has 0 unspecified atom stereocenters. The van der Waals surface area contributed by atoms with E-state index in [1.54, 1.807) is 49.4 Å². The van der Waals surface area contributed by atoms with Crippen LogP contribution < -0.4 is 10.0 Å². The van der Waals surface area contributed by atoms with Crippen molar-refractivity contribution in [2.24, 2.45) is 5.14 Å². The van der Waals surface area contributed by atoms with Crippen LogP contribution in [0.5, 0.6) is 0 Å². The molecule has 1 atom stereocenters. The number of primary sulfonamides is 1. The molecular formula is C21H23N3O5S. The molecule has 158 valence electrons. The molecule has 0 aromatic heterocycles. The molecule has 0 radical (unpaired) electrons. The number of imide groups is 1. The minimum Gasteiger partial charge on any atom is -0.330 e. The van der Waals surface area contributed by atoms with Crippen molar-refractivity contribution in [1.82, 2.24) is 4.90 Å². The zero-order valence-electron chi connectivity index (χ0n) is 16.5. The number of carbonyl (C=O) groups is 3. The van der Waals surface area contributed by atoms with Gasteiger partial charge in [-0.15, -0.1) is 0 Å². The fraction of sp³-hybridized carbons (Fsp3) is 0.286. The van der Waals surface area contributed by atoms with E-state index in [1.807, 2.05) is 0 Å². The first-order valence-electron chi connectivity index (χ1n) is 9.55. The Bertz CT molecular complexity index is 1050. The van der Waals surface area contributed by atoms with Gasteiger partial charge < -0.3 is 4.90 Å². The Labute approximate surface area is 175 Å². The van der Waals surface area contributed by atoms with Gasteiger partial charge in [0.1, 0.15) is 6.04 Å². The normalized spacial score (nSPS) is 16.7. The van der Waals surface area contributed by atoms with Gasteiger partial charge in [0.05, 0.1) is 17.0 Å². The molecule has 0 spiro atoms. The molecule has 1 aliphatic rings. The summed E-state index contributed by atoms with van der Waals surface area (Å²) in [6, 6.07) is 13.8. The van der Waals surface area contributed by atoms with Crippen molar-refractivity contribution in [3.05, 3.63) is 60.2 Å². The Morgan fingerprint density at radius 3 is 2.30 bits per heavy atom. The summed E-state index contributed by atoms with van der Waals surface area (Å²) in [7, 11) is -3.78. The van der Waals surface area contributed by atoms with Crippen LogP contribution in [0.15, 0.2) is 59.5 Å². The highest BCUT2D eigenvalue weighted by molar-refractivity contribution is 7.89. The fourth-order valence-electron chi connectivity index (χ4n) is 3.46. The lowest BCUT2D eigenvalue weighted by molar-refractivity contribution is -0.138. The summed E-state index contributed by atoms with van der Waals surface area (Å²) >= 11 is 0. The van der Waals surface area contributed by atoms with Crippen LogP contribution in [0.4, 0.5) is 5.69 Å². The molecule has 0 saturated carbocycles. The second-order valence-electron chi connectivity index (χ2n) is 7.00. The molecule has 30 heavy (non-hydrogen) atoms. The molecule has 2 aromatic rings. The minimum atomic E-state index is -3.78. The average Bonchev–Trinajstić information content (AvgIpc) is 3.02. The highest BCUT2D eigenvalue weighted by Gasteiger charge is 2.43. The van der Waals surface area contributed by atoms with Crippen molar-refractivity contribution < 1.29 is 22.8 Å². The molecule has 0 aliphatic carbocycles. The van der Waals surface area contributed by atoms with E-state index < -0.39 is 22.0 Å². The van der Waals surface area contributed by atoms with Gasteiger partial charge in [-0.3, -0.25) is 14.4 Å². The highest BCUT2D eigenvalue weighted by atomic mass is 32.2. The fourth-order valence-corrected chi connectivity index (χ4v) is 3.98. The van der Waals surface area contributed by atoms with Crippen LogP contribution >= 0.6 is 0 Å². The van der Waals surface area contributed by atoms with E-state index in [1.165, 1.54) is 17.0 Å². The zero-order valence-corrected chi connectivity index (χ0v) is 17.3. The number of rotatable bonds is 7. The van der Waals surface area contributed by atoms with Crippen LogP contribution in [0.3, 0.4) is 0 Å². The van der Waals surface area contributed by atoms with Crippen molar-refractivity contribution in [3.63, 3.8) is 0 Å². The Morgan fingerprint density at radius 1 is 1.10 bits per heavy atom. The Kier molecular flexibility index (Phi) is 6.33. The minimum absolute atomic E-state index is 0.00260. The van der Waals surface area contributed by atoms with E-state index in [-0.39, 0.29) is 36.1 Å². The molecule has 1 aliphatic heterocycles. The summed E-state index contributed by atoms with van der Waals surface area (Å²) < 4.78 is 22.8. The summed E-state index contributed by atoms with van der Waals surface area (Å²) in [6.45, 7) is 1.93. The maximum Gasteiger partial charge on any atom is 0.257 e. The molecule has 1 fully saturated rings. The van der Waals surface area contributed by atoms with E-state index in [4.69, 9.17) is 5.14 Å². The summed E-state index contributed by atoms with van der Waals surface area (Å²) in [5.74, 6) is -0.989. The molecule has 2 aromatic carbocycles. The molecule has 1 saturated heterocycles. The monoisotopic (exact) mass is 429 g/mol. The van der Waals surface area contributed by atoms with Gasteiger partial charge in [-0.2, -0.15) is 0 Å². The van der Waals surface area contributed by atoms with Gasteiger partial charge in [-0.25, -0.2) is 18.5 Å². The first-order valence-corrected chi connectivity index (χ1v) is 11.1. The number of sulfonamides is 1. The first-order chi connectivity index (χ1) is 14.2. The Balaban J connectivity index is 1.77. The lowest BCUT2D eigenvalue weighted by Gasteiger charge is -2.27. The van der Waals surface area contributed by atoms with E-state index in [2.05, 4.69) is 0 Å². The van der Waals surface area contributed by atoms with E-state index in [0.717, 1.165) is 10.5 Å². The largest absolute Gasteiger partial charge is 0.330 e. The van der Waals surface area contributed by atoms with Crippen LogP contribution in [-0.2, 0) is 30.8 Å². The number of hydrogen-bond donors (Lipinski definition) is 1. The molecular weight excluding hydrogens is 406 g/mol. The first kappa shape index (κ1) is 21.7. The number of nitrogens with zero attached hydrogens (tertiary/aromatic N) is 2. The van der Waals surface area contributed by atoms with Crippen LogP contribution in [0, 0.1) is 0 Å². The number of carbonyl (C=O) groups excluding carboxylic acids is 3. The lowest BCUT2D eigenvalue weighted by atomic mass is 10.1. The van der Waals surface area contributed by atoms with Crippen molar-refractivity contribution >= 4 is 33.4 Å². The topological polar surface area (TPSA) is 118 Å². The molecule has 3 amide bonds. The summed E-state index contributed by atoms with van der Waals surface area (Å²) in [5, 5.41) is 5.10. The number of amides is 3. The molecule has 2 N–H and O–H groups in total. The van der Waals surface area contributed by atoms with E-state index in [0.29, 0.717) is 12.1 Å². The number of anilines is 1. The van der Waals surface area contributed by atoms with Crippen LogP contribution in [0.25, 0.3) is 0 Å². The van der Waals surface area contributed by atoms with Gasteiger partial charge in [0, 0.05) is 13.0 Å². The maximum absolute atomic E-state index is 13.0. The van der Waals surface area contributed by atoms with E-state index in [9.17, 15) is 22.8 Å². The maximum atomic E-state index is 13.0. The van der Waals surface area contributed by atoms with E-state index >= 15 is 0 Å². The average molecular weight is 429 g/mol. The summed E-state index contributed by atoms with van der Waals surface area (Å²) in [4.78, 5) is 40.6. The van der Waals surface area contributed by atoms with Crippen LogP contribution in [0.2, 0.25) is 0 Å². The highest BCUT2D eigenvalue weighted by Crippen LogP contribution is 2.26. The Hall–Kier alpha value is -3.04. The number of nitrogens with two attached hydrogens (primary N) is 1. The summed E-state index contributed by atoms with van der Waals surface area (Å²) in [5.41, 5.74) is 1.27. The molecule has 3 rings (SSSR count). The van der Waals surface area contributed by atoms with Crippen LogP contribution in [0.1, 0.15) is 25.3 Å². The SMILES string of the molecule is CCC(=O)N(CCc1ccc(S(N)(=O)=O)cc1)[C@@H]1CC(=O)N(c2ccccc2)C1=O. The second-order valence-corrected chi connectivity index (χ2v) is 8.56. The third-order valence-electron chi connectivity index (χ3n) is 5.03. The predicted molar refractivity (Wildman–Crippen MR) is 111 cm³/mol. The molecule has 0 bridgehead atoms. The number of para-hydroxylation sites is 1. The van der Waals surface area contributed by atoms with Gasteiger partial charge in [0.25, 0.3) is 5.91 Å². The van der Waals surface area contributed by atoms with Gasteiger partial charge in [0.2, 0.25) is 21.8 Å². The molecule has 8 nitrogen and oxygen atoms in total. The third kappa shape index (κ3) is 4.58. The van der Waals surface area contributed by atoms with Gasteiger partial charge in [0.15, 0.2) is 0 Å². The van der Waals surface area contributed by atoms with Crippen molar-refractivity contribution in [2.75, 3.05) is 11.4 Å². The zero-order chi connectivity index (χ0) is 21.9. The quantitative estimate of drug-likeness (QED) is 0.669. The van der Waals surface area contributed by atoms with Gasteiger partial charge in [-0.05, 0) is 36.2 Å². The van der Waals surface area contributed by atoms with Gasteiger partial charge in [-0.1, -0.05) is 37.3 Å². The number of benzene rings is 2. The predicted octanol–water partition coefficient (Wildman–Crippen LogP) is 1.45. The number of hydrogen-bond acceptors (Lipinski definition) is 5. The summed E-state index contributed by atoms with van der Waals surface area (Å²) in [6.07, 6.45) is 0.539. The van der Waals surface area contributed by atoms with Crippen LogP contribution in [-0.4, -0.2) is 43.6 Å². The van der Waals surface area contributed by atoms with Crippen molar-refractivity contribution in [3.8, 4) is 0 Å².